The number of likely N-dealkylation sites (tertiary alicyclic amines) is 1. The Bertz CT molecular complexity index is 727. The minimum atomic E-state index is -4.44. The summed E-state index contributed by atoms with van der Waals surface area (Å²) in [5.41, 5.74) is 5.23. The van der Waals surface area contributed by atoms with Gasteiger partial charge in [-0.3, -0.25) is 4.79 Å². The first-order valence-electron chi connectivity index (χ1n) is 6.99. The van der Waals surface area contributed by atoms with Gasteiger partial charge in [0.1, 0.15) is 0 Å². The number of nitrogens with two attached hydrogens (primary N) is 1. The van der Waals surface area contributed by atoms with Gasteiger partial charge >= 0.3 is 6.18 Å². The summed E-state index contributed by atoms with van der Waals surface area (Å²) in [5.74, 6) is -0.323. The molecule has 122 valence electrons. The summed E-state index contributed by atoms with van der Waals surface area (Å²) in [4.78, 5) is 13.8. The van der Waals surface area contributed by atoms with Crippen molar-refractivity contribution in [2.24, 2.45) is 5.73 Å². The van der Waals surface area contributed by atoms with Crippen LogP contribution in [0, 0.1) is 0 Å². The highest BCUT2D eigenvalue weighted by Gasteiger charge is 2.31. The van der Waals surface area contributed by atoms with Gasteiger partial charge < -0.3 is 10.6 Å². The summed E-state index contributed by atoms with van der Waals surface area (Å²) >= 11 is 0. The molecular weight excluding hydrogens is 311 g/mol. The van der Waals surface area contributed by atoms with Crippen LogP contribution in [0.3, 0.4) is 0 Å². The molecule has 0 unspecified atom stereocenters. The van der Waals surface area contributed by atoms with E-state index in [9.17, 15) is 18.0 Å². The highest BCUT2D eigenvalue weighted by Crippen LogP contribution is 2.30. The number of nitrogens with zero attached hydrogens (tertiary/aromatic N) is 4. The first kappa shape index (κ1) is 15.5. The number of hydrogen-bond donors (Lipinski definition) is 1. The zero-order valence-corrected chi connectivity index (χ0v) is 12.0. The Morgan fingerprint density at radius 2 is 2.13 bits per heavy atom. The highest BCUT2D eigenvalue weighted by molar-refractivity contribution is 5.92. The largest absolute Gasteiger partial charge is 0.416 e. The molecule has 6 nitrogen and oxygen atoms in total. The van der Waals surface area contributed by atoms with Crippen molar-refractivity contribution in [2.75, 3.05) is 13.1 Å². The fourth-order valence-electron chi connectivity index (χ4n) is 2.45. The molecule has 0 saturated carbocycles. The van der Waals surface area contributed by atoms with Gasteiger partial charge in [-0.05, 0) is 24.6 Å². The van der Waals surface area contributed by atoms with E-state index in [0.717, 1.165) is 16.8 Å². The smallest absolute Gasteiger partial charge is 0.336 e. The second kappa shape index (κ2) is 5.65. The van der Waals surface area contributed by atoms with E-state index in [1.807, 2.05) is 0 Å². The fraction of sp³-hybridized carbons (Fsp3) is 0.357. The van der Waals surface area contributed by atoms with Crippen LogP contribution < -0.4 is 5.73 Å². The molecular formula is C14H14F3N5O. The SMILES string of the molecule is N[C@@H]1CCN(C(=O)c2cn(-c3cccc(C(F)(F)F)c3)nn2)C1. The lowest BCUT2D eigenvalue weighted by molar-refractivity contribution is -0.137. The van der Waals surface area contributed by atoms with E-state index >= 15 is 0 Å². The van der Waals surface area contributed by atoms with Crippen LogP contribution in [0.4, 0.5) is 13.2 Å². The van der Waals surface area contributed by atoms with Crippen LogP contribution in [-0.4, -0.2) is 44.9 Å². The summed E-state index contributed by atoms with van der Waals surface area (Å²) in [6.45, 7) is 0.978. The van der Waals surface area contributed by atoms with Crippen LogP contribution in [0.5, 0.6) is 0 Å². The summed E-state index contributed by atoms with van der Waals surface area (Å²) in [6, 6.07) is 4.61. The van der Waals surface area contributed by atoms with Crippen molar-refractivity contribution in [2.45, 2.75) is 18.6 Å². The number of halogens is 3. The Morgan fingerprint density at radius 3 is 2.78 bits per heavy atom. The van der Waals surface area contributed by atoms with Gasteiger partial charge in [0.25, 0.3) is 5.91 Å². The Kier molecular flexibility index (Phi) is 3.80. The van der Waals surface area contributed by atoms with Gasteiger partial charge in [-0.25, -0.2) is 4.68 Å². The third kappa shape index (κ3) is 3.19. The lowest BCUT2D eigenvalue weighted by Gasteiger charge is -2.13. The number of rotatable bonds is 2. The zero-order valence-electron chi connectivity index (χ0n) is 12.0. The fourth-order valence-corrected chi connectivity index (χ4v) is 2.45. The molecule has 1 amide bonds. The van der Waals surface area contributed by atoms with Crippen molar-refractivity contribution < 1.29 is 18.0 Å². The molecule has 3 rings (SSSR count). The molecule has 1 aromatic carbocycles. The third-order valence-corrected chi connectivity index (χ3v) is 3.66. The maximum atomic E-state index is 12.7. The van der Waals surface area contributed by atoms with Crippen LogP contribution in [0.25, 0.3) is 5.69 Å². The quantitative estimate of drug-likeness (QED) is 0.907. The van der Waals surface area contributed by atoms with Gasteiger partial charge in [-0.1, -0.05) is 11.3 Å². The summed E-state index contributed by atoms with van der Waals surface area (Å²) in [7, 11) is 0. The van der Waals surface area contributed by atoms with Crippen LogP contribution in [0.15, 0.2) is 30.5 Å². The van der Waals surface area contributed by atoms with Crippen LogP contribution in [0.1, 0.15) is 22.5 Å². The summed E-state index contributed by atoms with van der Waals surface area (Å²) in [5, 5.41) is 7.50. The average Bonchev–Trinajstić information content (AvgIpc) is 3.15. The first-order valence-corrected chi connectivity index (χ1v) is 6.99. The lowest BCUT2D eigenvalue weighted by Crippen LogP contribution is -2.32. The number of carbonyl (C=O) groups excluding carboxylic acids is 1. The molecule has 1 aromatic heterocycles. The molecule has 9 heteroatoms. The topological polar surface area (TPSA) is 77.0 Å². The summed E-state index contributed by atoms with van der Waals surface area (Å²) < 4.78 is 39.4. The van der Waals surface area contributed by atoms with E-state index in [-0.39, 0.29) is 23.3 Å². The zero-order chi connectivity index (χ0) is 16.6. The number of benzene rings is 1. The number of amides is 1. The van der Waals surface area contributed by atoms with Crippen molar-refractivity contribution in [1.29, 1.82) is 0 Å². The molecule has 0 bridgehead atoms. The molecule has 23 heavy (non-hydrogen) atoms. The van der Waals surface area contributed by atoms with Gasteiger partial charge in [0.15, 0.2) is 5.69 Å². The van der Waals surface area contributed by atoms with Crippen molar-refractivity contribution in [1.82, 2.24) is 19.9 Å². The molecule has 0 aliphatic carbocycles. The standard InChI is InChI=1S/C14H14F3N5O/c15-14(16,17)9-2-1-3-11(6-9)22-8-12(19-20-22)13(23)21-5-4-10(18)7-21/h1-3,6,8,10H,4-5,7,18H2/t10-/m1/s1. The van der Waals surface area contributed by atoms with Gasteiger partial charge in [0.2, 0.25) is 0 Å². The molecule has 2 N–H and O–H groups in total. The Morgan fingerprint density at radius 1 is 1.35 bits per heavy atom. The van der Waals surface area contributed by atoms with E-state index < -0.39 is 11.7 Å². The molecule has 0 spiro atoms. The molecule has 2 aromatic rings. The Hall–Kier alpha value is -2.42. The van der Waals surface area contributed by atoms with Crippen LogP contribution in [0.2, 0.25) is 0 Å². The van der Waals surface area contributed by atoms with Crippen LogP contribution in [-0.2, 0) is 6.18 Å². The maximum absolute atomic E-state index is 12.7. The molecule has 1 aliphatic rings. The lowest BCUT2D eigenvalue weighted by atomic mass is 10.2. The number of alkyl halides is 3. The van der Waals surface area contributed by atoms with Crippen molar-refractivity contribution >= 4 is 5.91 Å². The minimum absolute atomic E-state index is 0.0579. The van der Waals surface area contributed by atoms with Gasteiger partial charge in [-0.15, -0.1) is 5.10 Å². The molecule has 1 atom stereocenters. The predicted molar refractivity (Wildman–Crippen MR) is 74.9 cm³/mol. The van der Waals surface area contributed by atoms with Gasteiger partial charge in [-0.2, -0.15) is 13.2 Å². The number of aromatic nitrogens is 3. The molecule has 1 aliphatic heterocycles. The number of carbonyl (C=O) groups is 1. The first-order chi connectivity index (χ1) is 10.8. The van der Waals surface area contributed by atoms with Gasteiger partial charge in [0.05, 0.1) is 17.4 Å². The molecule has 2 heterocycles. The van der Waals surface area contributed by atoms with Crippen LogP contribution >= 0.6 is 0 Å². The molecule has 1 fully saturated rings. The van der Waals surface area contributed by atoms with Crippen molar-refractivity contribution in [3.05, 3.63) is 41.7 Å². The van der Waals surface area contributed by atoms with Crippen molar-refractivity contribution in [3.63, 3.8) is 0 Å². The normalized spacial score (nSPS) is 18.4. The summed E-state index contributed by atoms with van der Waals surface area (Å²) in [6.07, 6.45) is -2.41. The molecule has 1 saturated heterocycles. The Labute approximate surface area is 129 Å². The molecule has 0 radical (unpaired) electrons. The second-order valence-corrected chi connectivity index (χ2v) is 5.40. The Balaban J connectivity index is 1.83. The second-order valence-electron chi connectivity index (χ2n) is 5.40. The van der Waals surface area contributed by atoms with Crippen molar-refractivity contribution in [3.8, 4) is 5.69 Å². The minimum Gasteiger partial charge on any atom is -0.336 e. The van der Waals surface area contributed by atoms with E-state index in [4.69, 9.17) is 5.73 Å². The monoisotopic (exact) mass is 325 g/mol. The van der Waals surface area contributed by atoms with E-state index in [1.165, 1.54) is 18.3 Å². The van der Waals surface area contributed by atoms with E-state index in [0.29, 0.717) is 19.5 Å². The average molecular weight is 325 g/mol. The van der Waals surface area contributed by atoms with E-state index in [2.05, 4.69) is 10.3 Å². The maximum Gasteiger partial charge on any atom is 0.416 e. The predicted octanol–water partition coefficient (Wildman–Crippen LogP) is 1.46. The van der Waals surface area contributed by atoms with E-state index in [1.54, 1.807) is 4.90 Å². The third-order valence-electron chi connectivity index (χ3n) is 3.66. The highest BCUT2D eigenvalue weighted by atomic mass is 19.4. The van der Waals surface area contributed by atoms with Gasteiger partial charge in [0, 0.05) is 19.1 Å². The number of hydrogen-bond acceptors (Lipinski definition) is 4.